The number of hydrogen-bond donors (Lipinski definition) is 2. The van der Waals surface area contributed by atoms with Crippen LogP contribution in [0.2, 0.25) is 0 Å². The highest BCUT2D eigenvalue weighted by Crippen LogP contribution is 2.27. The van der Waals surface area contributed by atoms with Gasteiger partial charge in [-0.05, 0) is 43.9 Å². The minimum atomic E-state index is -3.80. The summed E-state index contributed by atoms with van der Waals surface area (Å²) in [5.74, 6) is -1.03. The minimum Gasteiger partial charge on any atom is -0.353 e. The Labute approximate surface area is 164 Å². The summed E-state index contributed by atoms with van der Waals surface area (Å²) in [6.07, 6.45) is 0.888. The molecule has 2 heterocycles. The quantitative estimate of drug-likeness (QED) is 0.711. The van der Waals surface area contributed by atoms with Gasteiger partial charge in [0.25, 0.3) is 11.8 Å². The lowest BCUT2D eigenvalue weighted by Gasteiger charge is -2.31. The van der Waals surface area contributed by atoms with E-state index in [-0.39, 0.29) is 47.0 Å². The van der Waals surface area contributed by atoms with E-state index in [0.29, 0.717) is 18.8 Å². The Bertz CT molecular complexity index is 917. The fraction of sp³-hybridized carbons (Fsp3) is 0.526. The number of nitrogens with one attached hydrogen (secondary N) is 2. The highest BCUT2D eigenvalue weighted by molar-refractivity contribution is 7.89. The van der Waals surface area contributed by atoms with Crippen LogP contribution >= 0.6 is 0 Å². The topological polar surface area (TPSA) is 113 Å². The molecule has 0 bridgehead atoms. The molecule has 0 spiro atoms. The van der Waals surface area contributed by atoms with Crippen LogP contribution in [-0.2, 0) is 14.8 Å². The molecule has 1 aromatic carbocycles. The van der Waals surface area contributed by atoms with E-state index in [1.54, 1.807) is 0 Å². The SMILES string of the molecule is CC(C)C(C)NC(=O)C1CCN(S(=O)(=O)c2ccc3c(c2)C(=O)NC3=O)CC1. The zero-order chi connectivity index (χ0) is 20.6. The Kier molecular flexibility index (Phi) is 5.58. The average Bonchev–Trinajstić information content (AvgIpc) is 2.95. The van der Waals surface area contributed by atoms with Gasteiger partial charge in [0.2, 0.25) is 15.9 Å². The standard InChI is InChI=1S/C19H25N3O5S/c1-11(2)12(3)20-17(23)13-6-8-22(9-7-13)28(26,27)14-4-5-15-16(10-14)19(25)21-18(15)24/h4-5,10-13H,6-9H2,1-3H3,(H,20,23)(H,21,24,25). The molecule has 1 atom stereocenters. The van der Waals surface area contributed by atoms with Gasteiger partial charge in [-0.3, -0.25) is 19.7 Å². The number of benzene rings is 1. The van der Waals surface area contributed by atoms with Crippen molar-refractivity contribution in [2.45, 2.75) is 44.6 Å². The smallest absolute Gasteiger partial charge is 0.258 e. The number of carbonyl (C=O) groups excluding carboxylic acids is 3. The summed E-state index contributed by atoms with van der Waals surface area (Å²) in [5, 5.41) is 5.14. The van der Waals surface area contributed by atoms with Gasteiger partial charge in [0.1, 0.15) is 0 Å². The molecule has 0 radical (unpaired) electrons. The highest BCUT2D eigenvalue weighted by atomic mass is 32.2. The Balaban J connectivity index is 1.69. The van der Waals surface area contributed by atoms with Crippen molar-refractivity contribution in [1.29, 1.82) is 0 Å². The molecular weight excluding hydrogens is 382 g/mol. The van der Waals surface area contributed by atoms with Gasteiger partial charge < -0.3 is 5.32 Å². The van der Waals surface area contributed by atoms with Crippen LogP contribution in [0, 0.1) is 11.8 Å². The van der Waals surface area contributed by atoms with Crippen LogP contribution < -0.4 is 10.6 Å². The zero-order valence-electron chi connectivity index (χ0n) is 16.2. The third kappa shape index (κ3) is 3.81. The molecule has 0 aromatic heterocycles. The molecule has 0 saturated carbocycles. The molecule has 152 valence electrons. The summed E-state index contributed by atoms with van der Waals surface area (Å²) >= 11 is 0. The summed E-state index contributed by atoms with van der Waals surface area (Å²) in [5.41, 5.74) is 0.251. The Morgan fingerprint density at radius 1 is 1.11 bits per heavy atom. The maximum atomic E-state index is 12.9. The molecular formula is C19H25N3O5S. The molecule has 1 fully saturated rings. The molecule has 9 heteroatoms. The number of piperidine rings is 1. The van der Waals surface area contributed by atoms with E-state index < -0.39 is 21.8 Å². The number of sulfonamides is 1. The normalized spacial score (nSPS) is 19.4. The van der Waals surface area contributed by atoms with Crippen molar-refractivity contribution in [3.05, 3.63) is 29.3 Å². The number of fused-ring (bicyclic) bond motifs is 1. The van der Waals surface area contributed by atoms with E-state index in [1.807, 2.05) is 20.8 Å². The molecule has 1 aromatic rings. The lowest BCUT2D eigenvalue weighted by molar-refractivity contribution is -0.127. The second kappa shape index (κ2) is 7.63. The number of amides is 3. The van der Waals surface area contributed by atoms with E-state index in [2.05, 4.69) is 10.6 Å². The Morgan fingerprint density at radius 2 is 1.71 bits per heavy atom. The lowest BCUT2D eigenvalue weighted by Crippen LogP contribution is -2.45. The number of rotatable bonds is 5. The molecule has 2 aliphatic heterocycles. The van der Waals surface area contributed by atoms with Gasteiger partial charge in [-0.15, -0.1) is 0 Å². The minimum absolute atomic E-state index is 0.0209. The van der Waals surface area contributed by atoms with Gasteiger partial charge in [-0.2, -0.15) is 4.31 Å². The van der Waals surface area contributed by atoms with Gasteiger partial charge in [0.15, 0.2) is 0 Å². The maximum absolute atomic E-state index is 12.9. The van der Waals surface area contributed by atoms with Crippen LogP contribution in [0.15, 0.2) is 23.1 Å². The monoisotopic (exact) mass is 407 g/mol. The molecule has 3 amide bonds. The fourth-order valence-corrected chi connectivity index (χ4v) is 4.82. The van der Waals surface area contributed by atoms with Crippen LogP contribution in [0.25, 0.3) is 0 Å². The van der Waals surface area contributed by atoms with Gasteiger partial charge in [-0.25, -0.2) is 8.42 Å². The van der Waals surface area contributed by atoms with Crippen molar-refractivity contribution in [2.24, 2.45) is 11.8 Å². The third-order valence-corrected chi connectivity index (χ3v) is 7.43. The molecule has 2 aliphatic rings. The second-order valence-corrected chi connectivity index (χ2v) is 9.65. The van der Waals surface area contributed by atoms with Crippen molar-refractivity contribution in [3.8, 4) is 0 Å². The van der Waals surface area contributed by atoms with Crippen LogP contribution in [-0.4, -0.2) is 49.6 Å². The summed E-state index contributed by atoms with van der Waals surface area (Å²) in [7, 11) is -3.80. The highest BCUT2D eigenvalue weighted by Gasteiger charge is 2.34. The molecule has 1 saturated heterocycles. The van der Waals surface area contributed by atoms with E-state index in [1.165, 1.54) is 22.5 Å². The van der Waals surface area contributed by atoms with Crippen LogP contribution in [0.4, 0.5) is 0 Å². The van der Waals surface area contributed by atoms with E-state index in [9.17, 15) is 22.8 Å². The predicted octanol–water partition coefficient (Wildman–Crippen LogP) is 1.13. The molecule has 8 nitrogen and oxygen atoms in total. The van der Waals surface area contributed by atoms with E-state index in [0.717, 1.165) is 0 Å². The molecule has 3 rings (SSSR count). The number of nitrogens with zero attached hydrogens (tertiary/aromatic N) is 1. The number of imide groups is 1. The second-order valence-electron chi connectivity index (χ2n) is 7.71. The first kappa shape index (κ1) is 20.5. The number of carbonyl (C=O) groups is 3. The van der Waals surface area contributed by atoms with Gasteiger partial charge in [-0.1, -0.05) is 13.8 Å². The zero-order valence-corrected chi connectivity index (χ0v) is 17.0. The van der Waals surface area contributed by atoms with E-state index in [4.69, 9.17) is 0 Å². The number of hydrogen-bond acceptors (Lipinski definition) is 5. The fourth-order valence-electron chi connectivity index (χ4n) is 3.32. The van der Waals surface area contributed by atoms with Crippen LogP contribution in [0.1, 0.15) is 54.3 Å². The molecule has 0 aliphatic carbocycles. The van der Waals surface area contributed by atoms with E-state index >= 15 is 0 Å². The van der Waals surface area contributed by atoms with Gasteiger partial charge >= 0.3 is 0 Å². The van der Waals surface area contributed by atoms with Crippen molar-refractivity contribution in [1.82, 2.24) is 14.9 Å². The summed E-state index contributed by atoms with van der Waals surface area (Å²) in [6, 6.07) is 4.01. The van der Waals surface area contributed by atoms with Crippen molar-refractivity contribution < 1.29 is 22.8 Å². The van der Waals surface area contributed by atoms with Gasteiger partial charge in [0.05, 0.1) is 16.0 Å². The van der Waals surface area contributed by atoms with Crippen LogP contribution in [0.5, 0.6) is 0 Å². The third-order valence-electron chi connectivity index (χ3n) is 5.54. The average molecular weight is 407 g/mol. The molecule has 2 N–H and O–H groups in total. The van der Waals surface area contributed by atoms with Crippen molar-refractivity contribution in [3.63, 3.8) is 0 Å². The molecule has 28 heavy (non-hydrogen) atoms. The maximum Gasteiger partial charge on any atom is 0.258 e. The predicted molar refractivity (Wildman–Crippen MR) is 102 cm³/mol. The van der Waals surface area contributed by atoms with Crippen LogP contribution in [0.3, 0.4) is 0 Å². The largest absolute Gasteiger partial charge is 0.353 e. The first-order valence-electron chi connectivity index (χ1n) is 9.41. The summed E-state index contributed by atoms with van der Waals surface area (Å²) in [4.78, 5) is 35.8. The molecule has 1 unspecified atom stereocenters. The lowest BCUT2D eigenvalue weighted by atomic mass is 9.96. The van der Waals surface area contributed by atoms with Gasteiger partial charge in [0, 0.05) is 25.0 Å². The summed E-state index contributed by atoms with van der Waals surface area (Å²) in [6.45, 7) is 6.49. The first-order valence-corrected chi connectivity index (χ1v) is 10.9. The van der Waals surface area contributed by atoms with Crippen molar-refractivity contribution in [2.75, 3.05) is 13.1 Å². The Hall–Kier alpha value is -2.26. The Morgan fingerprint density at radius 3 is 2.32 bits per heavy atom. The van der Waals surface area contributed by atoms with Crippen molar-refractivity contribution >= 4 is 27.7 Å². The first-order chi connectivity index (χ1) is 13.1. The summed E-state index contributed by atoms with van der Waals surface area (Å²) < 4.78 is 27.2.